The molecule has 0 rings (SSSR count). The van der Waals surface area contributed by atoms with Gasteiger partial charge in [0.15, 0.2) is 0 Å². The summed E-state index contributed by atoms with van der Waals surface area (Å²) in [6.07, 6.45) is 49.4. The van der Waals surface area contributed by atoms with Crippen molar-refractivity contribution in [2.45, 2.75) is 285 Å². The second kappa shape index (κ2) is 39.6. The molecular formula is C52H112Cl2N2. The molecule has 0 bridgehead atoms. The van der Waals surface area contributed by atoms with Crippen LogP contribution in [0, 0.1) is 11.8 Å². The molecule has 0 aromatic rings. The summed E-state index contributed by atoms with van der Waals surface area (Å²) in [4.78, 5) is 0. The average Bonchev–Trinajstić information content (AvgIpc) is 3.10. The van der Waals surface area contributed by atoms with Crippen molar-refractivity contribution in [3.8, 4) is 0 Å². The lowest BCUT2D eigenvalue weighted by molar-refractivity contribution is -0.924. The van der Waals surface area contributed by atoms with Crippen LogP contribution in [0.1, 0.15) is 274 Å². The predicted molar refractivity (Wildman–Crippen MR) is 251 cm³/mol. The smallest absolute Gasteiger partial charge is 0.0955 e. The molecule has 0 saturated heterocycles. The van der Waals surface area contributed by atoms with E-state index < -0.39 is 0 Å². The van der Waals surface area contributed by atoms with Crippen molar-refractivity contribution in [3.05, 3.63) is 0 Å². The molecule has 0 heterocycles. The number of hydrogen-bond acceptors (Lipinski definition) is 0. The predicted octanol–water partition coefficient (Wildman–Crippen LogP) is 11.5. The van der Waals surface area contributed by atoms with E-state index in [0.717, 1.165) is 20.8 Å². The normalized spacial score (nSPS) is 13.4. The fourth-order valence-electron chi connectivity index (χ4n) is 8.03. The second-order valence-electron chi connectivity index (χ2n) is 21.3. The topological polar surface area (TPSA) is 0 Å². The summed E-state index contributed by atoms with van der Waals surface area (Å²) in [5.74, 6) is 1.59. The molecule has 0 spiro atoms. The molecule has 0 aromatic carbocycles. The molecular weight excluding hydrogens is 723 g/mol. The summed E-state index contributed by atoms with van der Waals surface area (Å²) in [5.41, 5.74) is 0.741. The van der Waals surface area contributed by atoms with E-state index in [0.29, 0.717) is 11.1 Å². The van der Waals surface area contributed by atoms with E-state index in [9.17, 15) is 0 Å². The van der Waals surface area contributed by atoms with Crippen LogP contribution < -0.4 is 24.8 Å². The Hall–Kier alpha value is 0.500. The van der Waals surface area contributed by atoms with Gasteiger partial charge in [0.25, 0.3) is 0 Å². The average molecular weight is 836 g/mol. The van der Waals surface area contributed by atoms with E-state index in [2.05, 4.69) is 97.7 Å². The first kappa shape index (κ1) is 63.1. The van der Waals surface area contributed by atoms with Gasteiger partial charge >= 0.3 is 0 Å². The number of nitrogens with zero attached hydrogens (tertiary/aromatic N) is 2. The van der Waals surface area contributed by atoms with Gasteiger partial charge in [0, 0.05) is 11.8 Å². The van der Waals surface area contributed by atoms with Crippen molar-refractivity contribution in [2.24, 2.45) is 11.8 Å². The molecule has 0 fully saturated rings. The second-order valence-corrected chi connectivity index (χ2v) is 21.3. The largest absolute Gasteiger partial charge is 1.00 e. The van der Waals surface area contributed by atoms with Crippen LogP contribution in [0.3, 0.4) is 0 Å². The highest BCUT2D eigenvalue weighted by Crippen LogP contribution is 2.32. The Kier molecular flexibility index (Phi) is 44.7. The number of quaternary nitrogens is 2. The zero-order valence-corrected chi connectivity index (χ0v) is 43.4. The summed E-state index contributed by atoms with van der Waals surface area (Å²) in [6.45, 7) is 19.2. The molecule has 0 saturated carbocycles. The monoisotopic (exact) mass is 835 g/mol. The van der Waals surface area contributed by atoms with Gasteiger partial charge in [-0.25, -0.2) is 0 Å². The first-order valence-corrected chi connectivity index (χ1v) is 25.1. The summed E-state index contributed by atoms with van der Waals surface area (Å²) < 4.78 is 2.13. The summed E-state index contributed by atoms with van der Waals surface area (Å²) in [7, 11) is 14.0. The zero-order chi connectivity index (χ0) is 41.2. The van der Waals surface area contributed by atoms with Gasteiger partial charge in [-0.15, -0.1) is 0 Å². The Bertz CT molecular complexity index is 702. The standard InChI is InChI=1S/2C26H56N.2ClH/c2*1-8-9-10-11-12-13-14-15-16-17-18-19-20-21-22-23-24-25(2)26(3,4)27(5,6)7;;/h2*25H,8-24H2,1-7H3;2*1H/q2*+1;;/p-2. The van der Waals surface area contributed by atoms with Crippen molar-refractivity contribution in [1.29, 1.82) is 0 Å². The summed E-state index contributed by atoms with van der Waals surface area (Å²) in [5, 5.41) is 0. The molecule has 0 radical (unpaired) electrons. The van der Waals surface area contributed by atoms with Crippen molar-refractivity contribution in [2.75, 3.05) is 42.3 Å². The Morgan fingerprint density at radius 1 is 0.286 bits per heavy atom. The zero-order valence-electron chi connectivity index (χ0n) is 41.8. The first-order chi connectivity index (χ1) is 25.5. The molecule has 0 aliphatic carbocycles. The van der Waals surface area contributed by atoms with Crippen LogP contribution >= 0.6 is 0 Å². The van der Waals surface area contributed by atoms with Gasteiger partial charge in [-0.3, -0.25) is 0 Å². The third-order valence-corrected chi connectivity index (χ3v) is 14.9. The molecule has 0 aliphatic rings. The first-order valence-electron chi connectivity index (χ1n) is 25.1. The van der Waals surface area contributed by atoms with E-state index in [1.807, 2.05) is 0 Å². The van der Waals surface area contributed by atoms with Crippen molar-refractivity contribution < 1.29 is 33.8 Å². The fourth-order valence-corrected chi connectivity index (χ4v) is 8.03. The SMILES string of the molecule is CCCCCCCCCCCCCCCCCCC(C)C(C)(C)[N+](C)(C)C.CCCCCCCCCCCCCCCCCCC(C)C(C)(C)[N+](C)(C)C.[Cl-].[Cl-]. The van der Waals surface area contributed by atoms with Gasteiger partial charge < -0.3 is 33.8 Å². The third-order valence-electron chi connectivity index (χ3n) is 14.9. The highest BCUT2D eigenvalue weighted by Gasteiger charge is 2.38. The van der Waals surface area contributed by atoms with Gasteiger partial charge in [0.1, 0.15) is 0 Å². The van der Waals surface area contributed by atoms with Gasteiger partial charge in [-0.1, -0.05) is 233 Å². The Balaban J connectivity index is -0.000000466. The van der Waals surface area contributed by atoms with Crippen LogP contribution in [0.5, 0.6) is 0 Å². The molecule has 0 aromatic heterocycles. The van der Waals surface area contributed by atoms with Crippen LogP contribution in [0.25, 0.3) is 0 Å². The Morgan fingerprint density at radius 3 is 0.571 bits per heavy atom. The summed E-state index contributed by atoms with van der Waals surface area (Å²) in [6, 6.07) is 0. The molecule has 2 nitrogen and oxygen atoms in total. The Labute approximate surface area is 371 Å². The highest BCUT2D eigenvalue weighted by atomic mass is 35.5. The quantitative estimate of drug-likeness (QED) is 0.0429. The number of hydrogen-bond donors (Lipinski definition) is 0. The third kappa shape index (κ3) is 35.3. The van der Waals surface area contributed by atoms with E-state index in [4.69, 9.17) is 0 Å². The lowest BCUT2D eigenvalue weighted by atomic mass is 9.82. The lowest BCUT2D eigenvalue weighted by Gasteiger charge is -2.45. The van der Waals surface area contributed by atoms with Crippen molar-refractivity contribution in [1.82, 2.24) is 0 Å². The van der Waals surface area contributed by atoms with Crippen LogP contribution in [-0.2, 0) is 0 Å². The van der Waals surface area contributed by atoms with E-state index in [-0.39, 0.29) is 24.8 Å². The molecule has 0 amide bonds. The van der Waals surface area contributed by atoms with Gasteiger partial charge in [-0.2, -0.15) is 0 Å². The lowest BCUT2D eigenvalue weighted by Crippen LogP contribution is -3.00. The van der Waals surface area contributed by atoms with Crippen LogP contribution in [0.2, 0.25) is 0 Å². The van der Waals surface area contributed by atoms with Crippen molar-refractivity contribution >= 4 is 0 Å². The number of unbranched alkanes of at least 4 members (excludes halogenated alkanes) is 30. The van der Waals surface area contributed by atoms with Crippen LogP contribution in [0.4, 0.5) is 0 Å². The van der Waals surface area contributed by atoms with Gasteiger partial charge in [0.2, 0.25) is 0 Å². The van der Waals surface area contributed by atoms with Gasteiger partial charge in [-0.05, 0) is 40.5 Å². The molecule has 56 heavy (non-hydrogen) atoms. The minimum absolute atomic E-state index is 0. The maximum Gasteiger partial charge on any atom is 0.0955 e. The minimum atomic E-state index is 0. The number of rotatable bonds is 38. The Morgan fingerprint density at radius 2 is 0.429 bits per heavy atom. The number of halogens is 2. The van der Waals surface area contributed by atoms with Crippen molar-refractivity contribution in [3.63, 3.8) is 0 Å². The molecule has 0 aliphatic heterocycles. The molecule has 2 unspecified atom stereocenters. The molecule has 344 valence electrons. The van der Waals surface area contributed by atoms with E-state index in [1.165, 1.54) is 218 Å². The van der Waals surface area contributed by atoms with Gasteiger partial charge in [0.05, 0.1) is 53.4 Å². The van der Waals surface area contributed by atoms with E-state index >= 15 is 0 Å². The van der Waals surface area contributed by atoms with Crippen LogP contribution in [-0.4, -0.2) is 62.3 Å². The van der Waals surface area contributed by atoms with E-state index in [1.54, 1.807) is 0 Å². The summed E-state index contributed by atoms with van der Waals surface area (Å²) >= 11 is 0. The maximum absolute atomic E-state index is 2.45. The maximum atomic E-state index is 2.45. The van der Waals surface area contributed by atoms with Crippen LogP contribution in [0.15, 0.2) is 0 Å². The minimum Gasteiger partial charge on any atom is -1.00 e. The highest BCUT2D eigenvalue weighted by molar-refractivity contribution is 4.77. The molecule has 0 N–H and O–H groups in total. The molecule has 4 heteroatoms. The molecule has 2 atom stereocenters. The fraction of sp³-hybridized carbons (Fsp3) is 1.00.